The van der Waals surface area contributed by atoms with Gasteiger partial charge >= 0.3 is 0 Å². The molecule has 1 fully saturated rings. The molecule has 1 heterocycles. The molecule has 1 saturated heterocycles. The lowest BCUT2D eigenvalue weighted by molar-refractivity contribution is 0.0638. The van der Waals surface area contributed by atoms with Gasteiger partial charge in [-0.3, -0.25) is 14.5 Å². The number of ether oxygens (including phenoxy) is 1. The SMILES string of the molecule is CCCCOc1ccc(C(=O)N2CCN(CCNC(=O)c3ccc(F)cc3)CC2)cc1. The van der Waals surface area contributed by atoms with Gasteiger partial charge in [-0.15, -0.1) is 0 Å². The van der Waals surface area contributed by atoms with Crippen molar-refractivity contribution >= 4 is 11.8 Å². The first-order valence-electron chi connectivity index (χ1n) is 10.8. The third-order valence-electron chi connectivity index (χ3n) is 5.35. The van der Waals surface area contributed by atoms with Crippen LogP contribution in [-0.2, 0) is 0 Å². The van der Waals surface area contributed by atoms with Crippen LogP contribution in [0.1, 0.15) is 40.5 Å². The van der Waals surface area contributed by atoms with E-state index in [0.717, 1.165) is 31.7 Å². The molecule has 2 aromatic rings. The van der Waals surface area contributed by atoms with Crippen LogP contribution in [0.15, 0.2) is 48.5 Å². The number of unbranched alkanes of at least 4 members (excludes halogenated alkanes) is 1. The van der Waals surface area contributed by atoms with Crippen molar-refractivity contribution in [2.45, 2.75) is 19.8 Å². The van der Waals surface area contributed by atoms with Gasteiger partial charge in [-0.2, -0.15) is 0 Å². The average molecular weight is 428 g/mol. The van der Waals surface area contributed by atoms with E-state index in [1.54, 1.807) is 0 Å². The molecule has 2 aromatic carbocycles. The molecular formula is C24H30FN3O3. The minimum atomic E-state index is -0.361. The predicted molar refractivity (Wildman–Crippen MR) is 118 cm³/mol. The molecule has 1 aliphatic heterocycles. The number of amides is 2. The number of halogens is 1. The number of carbonyl (C=O) groups excluding carboxylic acids is 2. The summed E-state index contributed by atoms with van der Waals surface area (Å²) in [6, 6.07) is 12.8. The molecule has 1 N–H and O–H groups in total. The number of benzene rings is 2. The molecule has 0 bridgehead atoms. The first kappa shape index (κ1) is 22.7. The molecule has 1 aliphatic rings. The minimum Gasteiger partial charge on any atom is -0.494 e. The van der Waals surface area contributed by atoms with Crippen LogP contribution in [0.4, 0.5) is 4.39 Å². The van der Waals surface area contributed by atoms with Crippen LogP contribution >= 0.6 is 0 Å². The van der Waals surface area contributed by atoms with Crippen LogP contribution in [0.25, 0.3) is 0 Å². The van der Waals surface area contributed by atoms with E-state index in [0.29, 0.717) is 43.9 Å². The number of carbonyl (C=O) groups is 2. The highest BCUT2D eigenvalue weighted by Gasteiger charge is 2.22. The molecule has 0 unspecified atom stereocenters. The van der Waals surface area contributed by atoms with Gasteiger partial charge in [0.2, 0.25) is 0 Å². The van der Waals surface area contributed by atoms with E-state index in [4.69, 9.17) is 4.74 Å². The maximum absolute atomic E-state index is 12.9. The van der Waals surface area contributed by atoms with Crippen molar-refractivity contribution in [3.63, 3.8) is 0 Å². The van der Waals surface area contributed by atoms with E-state index < -0.39 is 0 Å². The summed E-state index contributed by atoms with van der Waals surface area (Å²) in [5.74, 6) is 0.248. The van der Waals surface area contributed by atoms with Gasteiger partial charge in [0.1, 0.15) is 11.6 Å². The van der Waals surface area contributed by atoms with Crippen molar-refractivity contribution < 1.29 is 18.7 Å². The lowest BCUT2D eigenvalue weighted by atomic mass is 10.1. The summed E-state index contributed by atoms with van der Waals surface area (Å²) in [6.07, 6.45) is 2.10. The Bertz CT molecular complexity index is 847. The van der Waals surface area contributed by atoms with Gasteiger partial charge in [-0.1, -0.05) is 13.3 Å². The summed E-state index contributed by atoms with van der Waals surface area (Å²) >= 11 is 0. The van der Waals surface area contributed by atoms with E-state index >= 15 is 0 Å². The van der Waals surface area contributed by atoms with Gasteiger partial charge in [0.25, 0.3) is 11.8 Å². The van der Waals surface area contributed by atoms with Gasteiger partial charge in [0, 0.05) is 50.4 Å². The number of rotatable bonds is 9. The maximum Gasteiger partial charge on any atom is 0.253 e. The number of hydrogen-bond donors (Lipinski definition) is 1. The summed E-state index contributed by atoms with van der Waals surface area (Å²) in [4.78, 5) is 28.9. The van der Waals surface area contributed by atoms with E-state index in [1.165, 1.54) is 24.3 Å². The largest absolute Gasteiger partial charge is 0.494 e. The second kappa shape index (κ2) is 11.5. The minimum absolute atomic E-state index is 0.0318. The Balaban J connectivity index is 1.38. The second-order valence-corrected chi connectivity index (χ2v) is 7.62. The molecule has 0 spiro atoms. The Hall–Kier alpha value is -2.93. The monoisotopic (exact) mass is 427 g/mol. The summed E-state index contributed by atoms with van der Waals surface area (Å²) in [5.41, 5.74) is 1.11. The summed E-state index contributed by atoms with van der Waals surface area (Å²) in [6.45, 7) is 6.85. The first-order chi connectivity index (χ1) is 15.1. The second-order valence-electron chi connectivity index (χ2n) is 7.62. The number of piperazine rings is 1. The molecule has 3 rings (SSSR count). The van der Waals surface area contributed by atoms with Crippen LogP contribution in [0.5, 0.6) is 5.75 Å². The van der Waals surface area contributed by atoms with Crippen LogP contribution in [0.3, 0.4) is 0 Å². The summed E-state index contributed by atoms with van der Waals surface area (Å²) in [5, 5.41) is 2.85. The quantitative estimate of drug-likeness (QED) is 0.625. The lowest BCUT2D eigenvalue weighted by Gasteiger charge is -2.34. The normalized spacial score (nSPS) is 14.3. The van der Waals surface area contributed by atoms with Crippen LogP contribution in [-0.4, -0.2) is 67.5 Å². The van der Waals surface area contributed by atoms with Crippen molar-refractivity contribution in [1.82, 2.24) is 15.1 Å². The van der Waals surface area contributed by atoms with E-state index in [9.17, 15) is 14.0 Å². The Morgan fingerprint density at radius 2 is 1.61 bits per heavy atom. The number of hydrogen-bond acceptors (Lipinski definition) is 4. The standard InChI is InChI=1S/C24H30FN3O3/c1-2-3-18-31-22-10-6-20(7-11-22)24(30)28-16-14-27(15-17-28)13-12-26-23(29)19-4-8-21(25)9-5-19/h4-11H,2-3,12-18H2,1H3,(H,26,29). The van der Waals surface area contributed by atoms with Gasteiger partial charge < -0.3 is 15.0 Å². The van der Waals surface area contributed by atoms with Crippen molar-refractivity contribution in [2.24, 2.45) is 0 Å². The molecule has 166 valence electrons. The zero-order valence-electron chi connectivity index (χ0n) is 18.0. The fourth-order valence-electron chi connectivity index (χ4n) is 3.42. The maximum atomic E-state index is 12.9. The van der Waals surface area contributed by atoms with Crippen LogP contribution in [0.2, 0.25) is 0 Å². The molecule has 2 amide bonds. The molecular weight excluding hydrogens is 397 g/mol. The van der Waals surface area contributed by atoms with Crippen LogP contribution in [0, 0.1) is 5.82 Å². The fourth-order valence-corrected chi connectivity index (χ4v) is 3.42. The van der Waals surface area contributed by atoms with E-state index in [1.807, 2.05) is 29.2 Å². The van der Waals surface area contributed by atoms with Gasteiger partial charge in [-0.05, 0) is 55.0 Å². The first-order valence-corrected chi connectivity index (χ1v) is 10.8. The predicted octanol–water partition coefficient (Wildman–Crippen LogP) is 3.19. The Labute approximate surface area is 183 Å². The van der Waals surface area contributed by atoms with E-state index in [2.05, 4.69) is 17.1 Å². The zero-order valence-corrected chi connectivity index (χ0v) is 18.0. The summed E-state index contributed by atoms with van der Waals surface area (Å²) in [7, 11) is 0. The molecule has 0 atom stereocenters. The highest BCUT2D eigenvalue weighted by molar-refractivity contribution is 5.94. The molecule has 0 saturated carbocycles. The van der Waals surface area contributed by atoms with Crippen molar-refractivity contribution in [3.8, 4) is 5.75 Å². The average Bonchev–Trinajstić information content (AvgIpc) is 2.80. The number of nitrogens with one attached hydrogen (secondary N) is 1. The molecule has 0 radical (unpaired) electrons. The van der Waals surface area contributed by atoms with Gasteiger partial charge in [0.15, 0.2) is 0 Å². The number of nitrogens with zero attached hydrogens (tertiary/aromatic N) is 2. The lowest BCUT2D eigenvalue weighted by Crippen LogP contribution is -2.50. The van der Waals surface area contributed by atoms with Gasteiger partial charge in [0.05, 0.1) is 6.61 Å². The third kappa shape index (κ3) is 6.79. The molecule has 6 nitrogen and oxygen atoms in total. The molecule has 0 aromatic heterocycles. The fraction of sp³-hybridized carbons (Fsp3) is 0.417. The molecule has 7 heteroatoms. The van der Waals surface area contributed by atoms with Gasteiger partial charge in [-0.25, -0.2) is 4.39 Å². The summed E-state index contributed by atoms with van der Waals surface area (Å²) < 4.78 is 18.6. The molecule has 0 aliphatic carbocycles. The molecule has 31 heavy (non-hydrogen) atoms. The van der Waals surface area contributed by atoms with Crippen LogP contribution < -0.4 is 10.1 Å². The third-order valence-corrected chi connectivity index (χ3v) is 5.35. The Morgan fingerprint density at radius 3 is 2.26 bits per heavy atom. The van der Waals surface area contributed by atoms with E-state index in [-0.39, 0.29) is 17.6 Å². The van der Waals surface area contributed by atoms with Crippen molar-refractivity contribution in [2.75, 3.05) is 45.9 Å². The Morgan fingerprint density at radius 1 is 0.968 bits per heavy atom. The highest BCUT2D eigenvalue weighted by atomic mass is 19.1. The smallest absolute Gasteiger partial charge is 0.253 e. The van der Waals surface area contributed by atoms with Crippen molar-refractivity contribution in [1.29, 1.82) is 0 Å². The topological polar surface area (TPSA) is 61.9 Å². The zero-order chi connectivity index (χ0) is 22.1. The highest BCUT2D eigenvalue weighted by Crippen LogP contribution is 2.15. The Kier molecular flexibility index (Phi) is 8.41. The van der Waals surface area contributed by atoms with Crippen molar-refractivity contribution in [3.05, 3.63) is 65.5 Å².